The molecule has 0 aliphatic carbocycles. The Morgan fingerprint density at radius 3 is 2.55 bits per heavy atom. The zero-order valence-corrected chi connectivity index (χ0v) is 15.5. The highest BCUT2D eigenvalue weighted by molar-refractivity contribution is 5.92. The number of hydrogen-bond acceptors (Lipinski definition) is 6. The maximum Gasteiger partial charge on any atom is 0.279 e. The van der Waals surface area contributed by atoms with Crippen molar-refractivity contribution < 1.29 is 4.52 Å². The Morgan fingerprint density at radius 1 is 0.931 bits per heavy atom. The first kappa shape index (κ1) is 17.0. The summed E-state index contributed by atoms with van der Waals surface area (Å²) in [5.41, 5.74) is 2.53. The highest BCUT2D eigenvalue weighted by atomic mass is 16.5. The monoisotopic (exact) mass is 381 g/mol. The molecule has 140 valence electrons. The molecule has 0 radical (unpaired) electrons. The van der Waals surface area contributed by atoms with Crippen molar-refractivity contribution in [3.05, 3.63) is 88.8 Å². The van der Waals surface area contributed by atoms with Gasteiger partial charge in [-0.05, 0) is 42.8 Å². The SMILES string of the molecule is Cc1cccc(-n2nc(-c3nc(-c4ccccn4)no3)c3ccccc3c2=O)c1. The van der Waals surface area contributed by atoms with Crippen molar-refractivity contribution in [2.75, 3.05) is 0 Å². The van der Waals surface area contributed by atoms with Crippen LogP contribution < -0.4 is 5.56 Å². The summed E-state index contributed by atoms with van der Waals surface area (Å²) in [5.74, 6) is 0.586. The molecule has 5 rings (SSSR count). The van der Waals surface area contributed by atoms with Gasteiger partial charge in [-0.15, -0.1) is 0 Å². The van der Waals surface area contributed by atoms with Crippen molar-refractivity contribution in [3.8, 4) is 28.8 Å². The summed E-state index contributed by atoms with van der Waals surface area (Å²) in [4.78, 5) is 21.8. The quantitative estimate of drug-likeness (QED) is 0.472. The molecule has 0 saturated carbocycles. The smallest absolute Gasteiger partial charge is 0.279 e. The van der Waals surface area contributed by atoms with Crippen LogP contribution in [0.15, 0.2) is 82.2 Å². The van der Waals surface area contributed by atoms with Crippen LogP contribution in [-0.2, 0) is 0 Å². The van der Waals surface area contributed by atoms with Gasteiger partial charge in [-0.3, -0.25) is 9.78 Å². The molecule has 0 bridgehead atoms. The number of fused-ring (bicyclic) bond motifs is 1. The predicted octanol–water partition coefficient (Wildman–Crippen LogP) is 3.81. The Labute approximate surface area is 165 Å². The summed E-state index contributed by atoms with van der Waals surface area (Å²) in [6, 6.07) is 20.3. The van der Waals surface area contributed by atoms with Gasteiger partial charge in [-0.2, -0.15) is 14.8 Å². The van der Waals surface area contributed by atoms with Crippen molar-refractivity contribution in [2.45, 2.75) is 6.92 Å². The molecular weight excluding hydrogens is 366 g/mol. The minimum Gasteiger partial charge on any atom is -0.332 e. The first-order valence-corrected chi connectivity index (χ1v) is 9.05. The van der Waals surface area contributed by atoms with E-state index in [4.69, 9.17) is 4.52 Å². The third kappa shape index (κ3) is 2.98. The maximum absolute atomic E-state index is 13.1. The molecular formula is C22H15N5O2. The van der Waals surface area contributed by atoms with Crippen molar-refractivity contribution in [1.82, 2.24) is 24.9 Å². The zero-order chi connectivity index (χ0) is 19.8. The van der Waals surface area contributed by atoms with E-state index in [-0.39, 0.29) is 11.4 Å². The lowest BCUT2D eigenvalue weighted by Gasteiger charge is -2.09. The minimum atomic E-state index is -0.209. The molecule has 7 nitrogen and oxygen atoms in total. The number of nitrogens with zero attached hydrogens (tertiary/aromatic N) is 5. The number of aryl methyl sites for hydroxylation is 1. The summed E-state index contributed by atoms with van der Waals surface area (Å²) in [6.07, 6.45) is 1.66. The van der Waals surface area contributed by atoms with Crippen LogP contribution in [0.2, 0.25) is 0 Å². The van der Waals surface area contributed by atoms with Gasteiger partial charge in [0.15, 0.2) is 5.69 Å². The molecule has 7 heteroatoms. The van der Waals surface area contributed by atoms with Gasteiger partial charge in [0.25, 0.3) is 11.4 Å². The van der Waals surface area contributed by atoms with Crippen molar-refractivity contribution in [2.24, 2.45) is 0 Å². The Bertz CT molecular complexity index is 1390. The van der Waals surface area contributed by atoms with Crippen LogP contribution in [0, 0.1) is 6.92 Å². The minimum absolute atomic E-state index is 0.209. The molecule has 2 aromatic carbocycles. The average Bonchev–Trinajstić information content (AvgIpc) is 3.25. The Morgan fingerprint density at radius 2 is 1.76 bits per heavy atom. The molecule has 0 spiro atoms. The van der Waals surface area contributed by atoms with Crippen LogP contribution in [0.25, 0.3) is 39.6 Å². The standard InChI is InChI=1S/C22H15N5O2/c1-14-7-6-8-15(13-14)27-22(28)17-10-3-2-9-16(17)19(25-27)21-24-20(26-29-21)18-11-4-5-12-23-18/h2-13H,1H3. The molecule has 0 amide bonds. The van der Waals surface area contributed by atoms with Crippen molar-refractivity contribution in [3.63, 3.8) is 0 Å². The van der Waals surface area contributed by atoms with Gasteiger partial charge in [0.1, 0.15) is 5.69 Å². The van der Waals surface area contributed by atoms with Gasteiger partial charge in [0, 0.05) is 11.6 Å². The highest BCUT2D eigenvalue weighted by Crippen LogP contribution is 2.26. The topological polar surface area (TPSA) is 86.7 Å². The van der Waals surface area contributed by atoms with Crippen LogP contribution >= 0.6 is 0 Å². The summed E-state index contributed by atoms with van der Waals surface area (Å²) in [6.45, 7) is 1.97. The lowest BCUT2D eigenvalue weighted by Crippen LogP contribution is -2.22. The van der Waals surface area contributed by atoms with Gasteiger partial charge in [0.05, 0.1) is 11.1 Å². The largest absolute Gasteiger partial charge is 0.332 e. The zero-order valence-electron chi connectivity index (χ0n) is 15.5. The molecule has 5 aromatic rings. The van der Waals surface area contributed by atoms with E-state index in [1.807, 2.05) is 61.5 Å². The van der Waals surface area contributed by atoms with E-state index in [0.29, 0.717) is 33.7 Å². The fourth-order valence-corrected chi connectivity index (χ4v) is 3.20. The number of aromatic nitrogens is 5. The van der Waals surface area contributed by atoms with Crippen LogP contribution in [0.4, 0.5) is 0 Å². The van der Waals surface area contributed by atoms with Crippen LogP contribution in [0.5, 0.6) is 0 Å². The number of rotatable bonds is 3. The van der Waals surface area contributed by atoms with Gasteiger partial charge in [0.2, 0.25) is 5.82 Å². The highest BCUT2D eigenvalue weighted by Gasteiger charge is 2.19. The molecule has 0 fully saturated rings. The van der Waals surface area contributed by atoms with Gasteiger partial charge in [-0.1, -0.05) is 41.6 Å². The number of hydrogen-bond donors (Lipinski definition) is 0. The molecule has 3 aromatic heterocycles. The average molecular weight is 381 g/mol. The summed E-state index contributed by atoms with van der Waals surface area (Å²) < 4.78 is 6.86. The van der Waals surface area contributed by atoms with Gasteiger partial charge >= 0.3 is 0 Å². The lowest BCUT2D eigenvalue weighted by atomic mass is 10.1. The lowest BCUT2D eigenvalue weighted by molar-refractivity contribution is 0.430. The first-order valence-electron chi connectivity index (χ1n) is 9.05. The fourth-order valence-electron chi connectivity index (χ4n) is 3.20. The molecule has 0 N–H and O–H groups in total. The third-order valence-corrected chi connectivity index (χ3v) is 4.57. The summed E-state index contributed by atoms with van der Waals surface area (Å²) >= 11 is 0. The van der Waals surface area contributed by atoms with E-state index >= 15 is 0 Å². The first-order chi connectivity index (χ1) is 14.2. The Balaban J connectivity index is 1.75. The Hall–Kier alpha value is -4.13. The Kier molecular flexibility index (Phi) is 3.98. The van der Waals surface area contributed by atoms with Crippen LogP contribution in [0.1, 0.15) is 5.56 Å². The van der Waals surface area contributed by atoms with E-state index in [1.165, 1.54) is 4.68 Å². The van der Waals surface area contributed by atoms with Gasteiger partial charge in [-0.25, -0.2) is 0 Å². The molecule has 0 aliphatic heterocycles. The number of benzene rings is 2. The molecule has 0 unspecified atom stereocenters. The van der Waals surface area contributed by atoms with Crippen LogP contribution in [0.3, 0.4) is 0 Å². The summed E-state index contributed by atoms with van der Waals surface area (Å²) in [5, 5.41) is 9.78. The van der Waals surface area contributed by atoms with Crippen LogP contribution in [-0.4, -0.2) is 24.9 Å². The fraction of sp³-hybridized carbons (Fsp3) is 0.0455. The maximum atomic E-state index is 13.1. The second-order valence-corrected chi connectivity index (χ2v) is 6.59. The molecule has 29 heavy (non-hydrogen) atoms. The second-order valence-electron chi connectivity index (χ2n) is 6.59. The van der Waals surface area contributed by atoms with Crippen molar-refractivity contribution >= 4 is 10.8 Å². The molecule has 3 heterocycles. The van der Waals surface area contributed by atoms with Crippen molar-refractivity contribution in [1.29, 1.82) is 0 Å². The third-order valence-electron chi connectivity index (χ3n) is 4.57. The van der Waals surface area contributed by atoms with E-state index in [9.17, 15) is 4.79 Å². The van der Waals surface area contributed by atoms with Gasteiger partial charge < -0.3 is 4.52 Å². The second kappa shape index (κ2) is 6.79. The molecule has 0 atom stereocenters. The normalized spacial score (nSPS) is 11.1. The van der Waals surface area contributed by atoms with E-state index < -0.39 is 0 Å². The number of pyridine rings is 1. The molecule has 0 saturated heterocycles. The van der Waals surface area contributed by atoms with E-state index in [1.54, 1.807) is 18.3 Å². The predicted molar refractivity (Wildman–Crippen MR) is 109 cm³/mol. The summed E-state index contributed by atoms with van der Waals surface area (Å²) in [7, 11) is 0. The van der Waals surface area contributed by atoms with E-state index in [2.05, 4.69) is 20.2 Å². The molecule has 0 aliphatic rings. The van der Waals surface area contributed by atoms with E-state index in [0.717, 1.165) is 5.56 Å².